The third-order valence-corrected chi connectivity index (χ3v) is 6.18. The van der Waals surface area contributed by atoms with Gasteiger partial charge in [0.15, 0.2) is 5.82 Å². The van der Waals surface area contributed by atoms with E-state index in [4.69, 9.17) is 0 Å². The van der Waals surface area contributed by atoms with Crippen LogP contribution in [-0.4, -0.2) is 25.2 Å². The summed E-state index contributed by atoms with van der Waals surface area (Å²) >= 11 is 0. The first kappa shape index (κ1) is 21.4. The number of para-hydroxylation sites is 1. The van der Waals surface area contributed by atoms with Gasteiger partial charge in [0.25, 0.3) is 5.91 Å². The third kappa shape index (κ3) is 4.15. The van der Waals surface area contributed by atoms with E-state index in [1.807, 2.05) is 30.5 Å². The number of rotatable bonds is 5. The Hall–Kier alpha value is -3.48. The topological polar surface area (TPSA) is 64.7 Å². The van der Waals surface area contributed by atoms with Crippen LogP contribution in [0.5, 0.6) is 0 Å². The number of amides is 1. The van der Waals surface area contributed by atoms with Crippen molar-refractivity contribution in [2.24, 2.45) is 5.92 Å². The van der Waals surface area contributed by atoms with E-state index in [0.717, 1.165) is 66.9 Å². The Morgan fingerprint density at radius 1 is 1.12 bits per heavy atom. The maximum atomic E-state index is 14.7. The number of hydrogen-bond acceptors (Lipinski definition) is 3. The Morgan fingerprint density at radius 3 is 2.82 bits per heavy atom. The SMILES string of the molecule is CC(C)Cn1cc(C(=O)Nc2cc(-c3nnc4n3CCCCC4)ccc2F)c2ccccc21. The number of halogens is 1. The summed E-state index contributed by atoms with van der Waals surface area (Å²) in [5.41, 5.74) is 2.42. The van der Waals surface area contributed by atoms with Crippen LogP contribution in [0.1, 0.15) is 49.3 Å². The largest absolute Gasteiger partial charge is 0.346 e. The van der Waals surface area contributed by atoms with Gasteiger partial charge in [0.1, 0.15) is 11.6 Å². The van der Waals surface area contributed by atoms with Gasteiger partial charge < -0.3 is 14.5 Å². The Labute approximate surface area is 192 Å². The van der Waals surface area contributed by atoms with Gasteiger partial charge in [-0.2, -0.15) is 0 Å². The van der Waals surface area contributed by atoms with Gasteiger partial charge in [-0.25, -0.2) is 4.39 Å². The molecule has 0 unspecified atom stereocenters. The van der Waals surface area contributed by atoms with E-state index in [0.29, 0.717) is 11.5 Å². The summed E-state index contributed by atoms with van der Waals surface area (Å²) < 4.78 is 18.9. The van der Waals surface area contributed by atoms with Crippen molar-refractivity contribution in [3.05, 3.63) is 65.9 Å². The van der Waals surface area contributed by atoms with Gasteiger partial charge in [-0.1, -0.05) is 38.5 Å². The smallest absolute Gasteiger partial charge is 0.257 e. The predicted molar refractivity (Wildman–Crippen MR) is 128 cm³/mol. The van der Waals surface area contributed by atoms with Crippen LogP contribution in [0, 0.1) is 11.7 Å². The van der Waals surface area contributed by atoms with Crippen LogP contribution < -0.4 is 5.32 Å². The van der Waals surface area contributed by atoms with E-state index in [1.165, 1.54) is 6.07 Å². The second kappa shape index (κ2) is 8.81. The fourth-order valence-corrected chi connectivity index (χ4v) is 4.62. The molecule has 0 radical (unpaired) electrons. The van der Waals surface area contributed by atoms with Crippen molar-refractivity contribution in [3.8, 4) is 11.4 Å². The molecule has 1 amide bonds. The minimum atomic E-state index is -0.478. The van der Waals surface area contributed by atoms with Crippen LogP contribution in [0.4, 0.5) is 10.1 Å². The molecule has 0 bridgehead atoms. The second-order valence-corrected chi connectivity index (χ2v) is 9.16. The number of nitrogens with zero attached hydrogens (tertiary/aromatic N) is 4. The molecule has 0 saturated heterocycles. The zero-order valence-electron chi connectivity index (χ0n) is 19.0. The Morgan fingerprint density at radius 2 is 1.97 bits per heavy atom. The molecule has 0 atom stereocenters. The van der Waals surface area contributed by atoms with Crippen LogP contribution in [0.3, 0.4) is 0 Å². The molecule has 0 spiro atoms. The molecule has 3 heterocycles. The normalized spacial score (nSPS) is 13.8. The van der Waals surface area contributed by atoms with Crippen molar-refractivity contribution in [2.45, 2.75) is 52.6 Å². The molecule has 0 aliphatic carbocycles. The van der Waals surface area contributed by atoms with Crippen molar-refractivity contribution in [2.75, 3.05) is 5.32 Å². The van der Waals surface area contributed by atoms with Gasteiger partial charge in [-0.3, -0.25) is 4.79 Å². The van der Waals surface area contributed by atoms with Crippen LogP contribution >= 0.6 is 0 Å². The van der Waals surface area contributed by atoms with Crippen molar-refractivity contribution < 1.29 is 9.18 Å². The summed E-state index contributed by atoms with van der Waals surface area (Å²) in [7, 11) is 0. The molecule has 4 aromatic rings. The number of nitrogens with one attached hydrogen (secondary N) is 1. The monoisotopic (exact) mass is 445 g/mol. The van der Waals surface area contributed by atoms with Gasteiger partial charge in [0, 0.05) is 42.2 Å². The second-order valence-electron chi connectivity index (χ2n) is 9.16. The van der Waals surface area contributed by atoms with Gasteiger partial charge >= 0.3 is 0 Å². The fraction of sp³-hybridized carbons (Fsp3) is 0.346. The summed E-state index contributed by atoms with van der Waals surface area (Å²) in [4.78, 5) is 13.2. The molecular weight excluding hydrogens is 417 g/mol. The number of aryl methyl sites for hydroxylation is 1. The first-order chi connectivity index (χ1) is 16.0. The molecule has 0 saturated carbocycles. The number of aromatic nitrogens is 4. The van der Waals surface area contributed by atoms with Gasteiger partial charge in [0.2, 0.25) is 0 Å². The zero-order chi connectivity index (χ0) is 22.9. The van der Waals surface area contributed by atoms with Gasteiger partial charge in [-0.05, 0) is 43.0 Å². The van der Waals surface area contributed by atoms with Crippen LogP contribution in [-0.2, 0) is 19.5 Å². The van der Waals surface area contributed by atoms with Crippen molar-refractivity contribution in [1.29, 1.82) is 0 Å². The summed E-state index contributed by atoms with van der Waals surface area (Å²) in [6.07, 6.45) is 6.10. The highest BCUT2D eigenvalue weighted by Crippen LogP contribution is 2.28. The molecule has 170 valence electrons. The number of carbonyl (C=O) groups excluding carboxylic acids is 1. The predicted octanol–water partition coefficient (Wildman–Crippen LogP) is 5.67. The van der Waals surface area contributed by atoms with E-state index in [2.05, 4.69) is 38.5 Å². The van der Waals surface area contributed by atoms with Crippen molar-refractivity contribution in [3.63, 3.8) is 0 Å². The van der Waals surface area contributed by atoms with E-state index in [-0.39, 0.29) is 11.6 Å². The Kier molecular flexibility index (Phi) is 5.70. The molecule has 2 aromatic heterocycles. The van der Waals surface area contributed by atoms with E-state index >= 15 is 0 Å². The molecular formula is C26H28FN5O. The number of hydrogen-bond donors (Lipinski definition) is 1. The lowest BCUT2D eigenvalue weighted by molar-refractivity contribution is 0.102. The quantitative estimate of drug-likeness (QED) is 0.430. The van der Waals surface area contributed by atoms with Crippen LogP contribution in [0.2, 0.25) is 0 Å². The summed E-state index contributed by atoms with van der Waals surface area (Å²) in [5.74, 6) is 1.31. The highest BCUT2D eigenvalue weighted by Gasteiger charge is 2.20. The maximum absolute atomic E-state index is 14.7. The van der Waals surface area contributed by atoms with E-state index < -0.39 is 5.82 Å². The highest BCUT2D eigenvalue weighted by molar-refractivity contribution is 6.13. The molecule has 6 nitrogen and oxygen atoms in total. The van der Waals surface area contributed by atoms with Crippen LogP contribution in [0.15, 0.2) is 48.7 Å². The summed E-state index contributed by atoms with van der Waals surface area (Å²) in [5, 5.41) is 12.4. The average Bonchev–Trinajstić information content (AvgIpc) is 3.28. The van der Waals surface area contributed by atoms with E-state index in [9.17, 15) is 9.18 Å². The average molecular weight is 446 g/mol. The highest BCUT2D eigenvalue weighted by atomic mass is 19.1. The summed E-state index contributed by atoms with van der Waals surface area (Å²) in [6, 6.07) is 12.5. The Bertz CT molecular complexity index is 1320. The molecule has 0 fully saturated rings. The maximum Gasteiger partial charge on any atom is 0.257 e. The third-order valence-electron chi connectivity index (χ3n) is 6.18. The van der Waals surface area contributed by atoms with Gasteiger partial charge in [0.05, 0.1) is 11.3 Å². The van der Waals surface area contributed by atoms with Gasteiger partial charge in [-0.15, -0.1) is 10.2 Å². The van der Waals surface area contributed by atoms with Crippen molar-refractivity contribution in [1.82, 2.24) is 19.3 Å². The van der Waals surface area contributed by atoms with Crippen LogP contribution in [0.25, 0.3) is 22.3 Å². The van der Waals surface area contributed by atoms with E-state index in [1.54, 1.807) is 12.1 Å². The lowest BCUT2D eigenvalue weighted by Crippen LogP contribution is -2.13. The molecule has 1 aliphatic rings. The number of benzene rings is 2. The number of carbonyl (C=O) groups is 1. The first-order valence-electron chi connectivity index (χ1n) is 11.6. The fourth-order valence-electron chi connectivity index (χ4n) is 4.62. The standard InChI is InChI=1S/C26H28FN5O/c1-17(2)15-31-16-20(19-8-5-6-9-23(19)31)26(33)28-22-14-18(11-12-21(22)27)25-30-29-24-10-4-3-7-13-32(24)25/h5-6,8-9,11-12,14,16-17H,3-4,7,10,13,15H2,1-2H3,(H,28,33). The molecule has 5 rings (SSSR count). The molecule has 1 aliphatic heterocycles. The van der Waals surface area contributed by atoms with Crippen molar-refractivity contribution >= 4 is 22.5 Å². The Balaban J connectivity index is 1.47. The number of fused-ring (bicyclic) bond motifs is 2. The molecule has 1 N–H and O–H groups in total. The summed E-state index contributed by atoms with van der Waals surface area (Å²) in [6.45, 7) is 5.93. The zero-order valence-corrected chi connectivity index (χ0v) is 19.0. The molecule has 7 heteroatoms. The first-order valence-corrected chi connectivity index (χ1v) is 11.6. The molecule has 33 heavy (non-hydrogen) atoms. The number of anilines is 1. The molecule has 2 aromatic carbocycles. The lowest BCUT2D eigenvalue weighted by atomic mass is 10.1. The minimum Gasteiger partial charge on any atom is -0.346 e. The minimum absolute atomic E-state index is 0.143. The lowest BCUT2D eigenvalue weighted by Gasteiger charge is -2.10.